The monoisotopic (exact) mass is 439 g/mol. The van der Waals surface area contributed by atoms with Crippen molar-refractivity contribution in [2.24, 2.45) is 0 Å². The normalized spacial score (nSPS) is 19.8. The molecule has 2 saturated heterocycles. The van der Waals surface area contributed by atoms with Crippen LogP contribution in [-0.2, 0) is 11.3 Å². The van der Waals surface area contributed by atoms with Gasteiger partial charge in [-0.2, -0.15) is 0 Å². The number of piperidine rings is 1. The Hall–Kier alpha value is -2.31. The van der Waals surface area contributed by atoms with Crippen molar-refractivity contribution in [3.8, 4) is 0 Å². The van der Waals surface area contributed by atoms with Crippen LogP contribution in [0.5, 0.6) is 0 Å². The van der Waals surface area contributed by atoms with Gasteiger partial charge in [0.2, 0.25) is 5.91 Å². The molecule has 0 saturated carbocycles. The van der Waals surface area contributed by atoms with E-state index < -0.39 is 5.54 Å². The van der Waals surface area contributed by atoms with Gasteiger partial charge in [0.15, 0.2) is 0 Å². The smallest absolute Gasteiger partial charge is 0.250 e. The number of fused-ring (bicyclic) bond motifs is 1. The summed E-state index contributed by atoms with van der Waals surface area (Å²) in [6, 6.07) is 20.3. The molecule has 0 unspecified atom stereocenters. The Morgan fingerprint density at radius 1 is 1.00 bits per heavy atom. The van der Waals surface area contributed by atoms with E-state index in [1.807, 2.05) is 53.4 Å². The second-order valence-electron chi connectivity index (χ2n) is 7.60. The Kier molecular flexibility index (Phi) is 4.40. The Morgan fingerprint density at radius 2 is 1.71 bits per heavy atom. The van der Waals surface area contributed by atoms with E-state index in [2.05, 4.69) is 37.1 Å². The third kappa shape index (κ3) is 2.91. The van der Waals surface area contributed by atoms with Gasteiger partial charge in [-0.1, -0.05) is 36.4 Å². The fraction of sp³-hybridized carbons (Fsp3) is 0.318. The van der Waals surface area contributed by atoms with Crippen LogP contribution in [0.2, 0.25) is 0 Å². The zero-order valence-corrected chi connectivity index (χ0v) is 17.1. The standard InChI is InChI=1S/C22H22BrN3O2/c23-25-12-10-22(11-13-25)21(27)24(16-26(22)18-7-2-1-3-8-18)15-19-14-17-6-4-5-9-20(17)28-19/h1-9,14H,10-13,15-16H2. The van der Waals surface area contributed by atoms with Crippen LogP contribution < -0.4 is 4.90 Å². The lowest BCUT2D eigenvalue weighted by Crippen LogP contribution is -2.55. The van der Waals surface area contributed by atoms with Gasteiger partial charge in [-0.05, 0) is 37.1 Å². The van der Waals surface area contributed by atoms with Crippen molar-refractivity contribution in [1.82, 2.24) is 8.83 Å². The first-order chi connectivity index (χ1) is 13.7. The van der Waals surface area contributed by atoms with E-state index >= 15 is 0 Å². The number of hydrogen-bond acceptors (Lipinski definition) is 4. The van der Waals surface area contributed by atoms with Crippen LogP contribution >= 0.6 is 16.1 Å². The van der Waals surface area contributed by atoms with Crippen LogP contribution in [0.4, 0.5) is 5.69 Å². The Morgan fingerprint density at radius 3 is 2.46 bits per heavy atom. The molecule has 0 radical (unpaired) electrons. The number of para-hydroxylation sites is 2. The summed E-state index contributed by atoms with van der Waals surface area (Å²) >= 11 is 3.58. The number of nitrogens with zero attached hydrogens (tertiary/aromatic N) is 3. The average Bonchev–Trinajstić information content (AvgIpc) is 3.25. The summed E-state index contributed by atoms with van der Waals surface area (Å²) < 4.78 is 8.11. The molecule has 2 aliphatic heterocycles. The topological polar surface area (TPSA) is 39.9 Å². The molecule has 2 aromatic carbocycles. The van der Waals surface area contributed by atoms with Gasteiger partial charge in [0, 0.05) is 40.3 Å². The van der Waals surface area contributed by atoms with E-state index in [0.717, 1.165) is 48.3 Å². The minimum atomic E-state index is -0.475. The molecule has 2 aliphatic rings. The quantitative estimate of drug-likeness (QED) is 0.567. The molecule has 6 heteroatoms. The van der Waals surface area contributed by atoms with Crippen molar-refractivity contribution >= 4 is 38.7 Å². The minimum absolute atomic E-state index is 0.206. The largest absolute Gasteiger partial charge is 0.459 e. The summed E-state index contributed by atoms with van der Waals surface area (Å²) in [6.07, 6.45) is 1.62. The molecule has 1 aromatic heterocycles. The second kappa shape index (κ2) is 6.94. The van der Waals surface area contributed by atoms with Crippen LogP contribution in [0.25, 0.3) is 11.0 Å². The van der Waals surface area contributed by atoms with Gasteiger partial charge in [0.05, 0.1) is 13.2 Å². The van der Waals surface area contributed by atoms with E-state index in [1.165, 1.54) is 0 Å². The molecule has 3 heterocycles. The first kappa shape index (κ1) is 17.8. The third-order valence-corrected chi connectivity index (χ3v) is 6.65. The number of hydrogen-bond donors (Lipinski definition) is 0. The molecule has 0 atom stereocenters. The Balaban J connectivity index is 1.47. The fourth-order valence-electron chi connectivity index (χ4n) is 4.47. The fourth-order valence-corrected chi connectivity index (χ4v) is 4.83. The highest BCUT2D eigenvalue weighted by Crippen LogP contribution is 2.40. The molecule has 28 heavy (non-hydrogen) atoms. The van der Waals surface area contributed by atoms with Gasteiger partial charge in [-0.25, -0.2) is 3.93 Å². The minimum Gasteiger partial charge on any atom is -0.459 e. The summed E-state index contributed by atoms with van der Waals surface area (Å²) in [7, 11) is 0. The van der Waals surface area contributed by atoms with Gasteiger partial charge in [0.1, 0.15) is 16.9 Å². The maximum atomic E-state index is 13.6. The van der Waals surface area contributed by atoms with Crippen molar-refractivity contribution in [2.75, 3.05) is 24.7 Å². The lowest BCUT2D eigenvalue weighted by Gasteiger charge is -2.41. The highest BCUT2D eigenvalue weighted by Gasteiger charge is 2.53. The van der Waals surface area contributed by atoms with Gasteiger partial charge in [-0.15, -0.1) is 0 Å². The van der Waals surface area contributed by atoms with Crippen LogP contribution in [0.1, 0.15) is 18.6 Å². The van der Waals surface area contributed by atoms with Crippen LogP contribution in [-0.4, -0.2) is 40.0 Å². The average molecular weight is 440 g/mol. The zero-order valence-electron chi connectivity index (χ0n) is 15.6. The molecular formula is C22H22BrN3O2. The SMILES string of the molecule is O=C1N(Cc2cc3ccccc3o2)CN(c2ccccc2)C12CCN(Br)CC2. The number of amides is 1. The van der Waals surface area contributed by atoms with E-state index in [0.29, 0.717) is 13.2 Å². The van der Waals surface area contributed by atoms with Crippen molar-refractivity contribution in [3.63, 3.8) is 0 Å². The Labute approximate surface area is 172 Å². The van der Waals surface area contributed by atoms with Crippen molar-refractivity contribution in [2.45, 2.75) is 24.9 Å². The van der Waals surface area contributed by atoms with E-state index in [-0.39, 0.29) is 5.91 Å². The molecule has 5 nitrogen and oxygen atoms in total. The van der Waals surface area contributed by atoms with Crippen molar-refractivity contribution < 1.29 is 9.21 Å². The van der Waals surface area contributed by atoms with Crippen molar-refractivity contribution in [3.05, 3.63) is 66.4 Å². The number of anilines is 1. The molecule has 1 spiro atoms. The molecule has 0 N–H and O–H groups in total. The second-order valence-corrected chi connectivity index (χ2v) is 8.60. The first-order valence-electron chi connectivity index (χ1n) is 9.66. The number of benzene rings is 2. The predicted molar refractivity (Wildman–Crippen MR) is 113 cm³/mol. The van der Waals surface area contributed by atoms with Gasteiger partial charge < -0.3 is 14.2 Å². The molecular weight excluding hydrogens is 418 g/mol. The van der Waals surface area contributed by atoms with Crippen LogP contribution in [0, 0.1) is 0 Å². The Bertz CT molecular complexity index is 962. The predicted octanol–water partition coefficient (Wildman–Crippen LogP) is 4.38. The van der Waals surface area contributed by atoms with Gasteiger partial charge >= 0.3 is 0 Å². The van der Waals surface area contributed by atoms with Crippen LogP contribution in [0.15, 0.2) is 65.1 Å². The molecule has 2 fully saturated rings. The number of halogens is 1. The summed E-state index contributed by atoms with van der Waals surface area (Å²) in [5.41, 5.74) is 1.50. The maximum absolute atomic E-state index is 13.6. The lowest BCUT2D eigenvalue weighted by molar-refractivity contribution is -0.133. The van der Waals surface area contributed by atoms with Gasteiger partial charge in [0.25, 0.3) is 0 Å². The maximum Gasteiger partial charge on any atom is 0.250 e. The molecule has 1 amide bonds. The summed E-state index contributed by atoms with van der Waals surface area (Å²) in [5.74, 6) is 1.04. The van der Waals surface area contributed by atoms with E-state index in [4.69, 9.17) is 4.42 Å². The summed E-state index contributed by atoms with van der Waals surface area (Å²) in [4.78, 5) is 17.8. The van der Waals surface area contributed by atoms with Gasteiger partial charge in [-0.3, -0.25) is 4.79 Å². The summed E-state index contributed by atoms with van der Waals surface area (Å²) in [5, 5.41) is 1.08. The molecule has 144 valence electrons. The van der Waals surface area contributed by atoms with Crippen molar-refractivity contribution in [1.29, 1.82) is 0 Å². The lowest BCUT2D eigenvalue weighted by atomic mass is 9.86. The summed E-state index contributed by atoms with van der Waals surface area (Å²) in [6.45, 7) is 2.79. The third-order valence-electron chi connectivity index (χ3n) is 5.94. The number of carbonyl (C=O) groups is 1. The molecule has 0 aliphatic carbocycles. The molecule has 0 bridgehead atoms. The highest BCUT2D eigenvalue weighted by atomic mass is 79.9. The zero-order chi connectivity index (χ0) is 19.1. The number of carbonyl (C=O) groups excluding carboxylic acids is 1. The van der Waals surface area contributed by atoms with Crippen LogP contribution in [0.3, 0.4) is 0 Å². The molecule has 5 rings (SSSR count). The first-order valence-corrected chi connectivity index (χ1v) is 10.4. The molecule has 3 aromatic rings. The number of furan rings is 1. The highest BCUT2D eigenvalue weighted by molar-refractivity contribution is 9.07. The van der Waals surface area contributed by atoms with E-state index in [1.54, 1.807) is 0 Å². The number of rotatable bonds is 3. The van der Waals surface area contributed by atoms with E-state index in [9.17, 15) is 4.79 Å².